The van der Waals surface area contributed by atoms with Crippen LogP contribution in [-0.4, -0.2) is 22.8 Å². The molecule has 22 heavy (non-hydrogen) atoms. The number of aromatic nitrogens is 2. The molecule has 0 unspecified atom stereocenters. The van der Waals surface area contributed by atoms with Crippen LogP contribution in [0, 0.1) is 0 Å². The molecule has 5 nitrogen and oxygen atoms in total. The molecule has 110 valence electrons. The largest absolute Gasteiger partial charge is 0.497 e. The summed E-state index contributed by atoms with van der Waals surface area (Å²) in [7, 11) is 1.59. The molecule has 5 heteroatoms. The minimum atomic E-state index is -0.178. The van der Waals surface area contributed by atoms with Crippen LogP contribution in [0.5, 0.6) is 5.75 Å². The van der Waals surface area contributed by atoms with Gasteiger partial charge in [-0.3, -0.25) is 4.79 Å². The molecule has 1 aromatic heterocycles. The number of carbonyl (C=O) groups is 1. The van der Waals surface area contributed by atoms with Crippen LogP contribution in [0.2, 0.25) is 0 Å². The number of rotatable bonds is 4. The molecule has 1 amide bonds. The summed E-state index contributed by atoms with van der Waals surface area (Å²) in [5.74, 6) is 0.519. The predicted molar refractivity (Wildman–Crippen MR) is 84.5 cm³/mol. The lowest BCUT2D eigenvalue weighted by Crippen LogP contribution is -2.12. The Bertz CT molecular complexity index is 782. The zero-order valence-electron chi connectivity index (χ0n) is 12.1. The first kappa shape index (κ1) is 13.9. The highest BCUT2D eigenvalue weighted by atomic mass is 16.5. The van der Waals surface area contributed by atoms with Crippen LogP contribution in [0.1, 0.15) is 10.4 Å². The van der Waals surface area contributed by atoms with Crippen LogP contribution in [0.3, 0.4) is 0 Å². The van der Waals surface area contributed by atoms with Gasteiger partial charge in [-0.15, -0.1) is 0 Å². The van der Waals surface area contributed by atoms with E-state index in [0.717, 1.165) is 5.69 Å². The van der Waals surface area contributed by atoms with Crippen molar-refractivity contribution in [1.82, 2.24) is 9.78 Å². The zero-order valence-corrected chi connectivity index (χ0v) is 12.1. The lowest BCUT2D eigenvalue weighted by atomic mass is 10.2. The minimum absolute atomic E-state index is 0.178. The van der Waals surface area contributed by atoms with Crippen molar-refractivity contribution >= 4 is 11.6 Å². The van der Waals surface area contributed by atoms with Gasteiger partial charge in [0.15, 0.2) is 0 Å². The van der Waals surface area contributed by atoms with Crippen LogP contribution < -0.4 is 10.1 Å². The van der Waals surface area contributed by atoms with Gasteiger partial charge >= 0.3 is 0 Å². The minimum Gasteiger partial charge on any atom is -0.497 e. The number of nitrogens with one attached hydrogen (secondary N) is 1. The van der Waals surface area contributed by atoms with Crippen LogP contribution in [0.25, 0.3) is 5.69 Å². The lowest BCUT2D eigenvalue weighted by Gasteiger charge is -2.08. The molecule has 1 N–H and O–H groups in total. The van der Waals surface area contributed by atoms with Crippen LogP contribution in [-0.2, 0) is 0 Å². The fourth-order valence-corrected chi connectivity index (χ4v) is 2.12. The normalized spacial score (nSPS) is 10.2. The summed E-state index contributed by atoms with van der Waals surface area (Å²) < 4.78 is 6.86. The van der Waals surface area contributed by atoms with Crippen molar-refractivity contribution in [3.05, 3.63) is 72.6 Å². The number of hydrogen-bond donors (Lipinski definition) is 1. The van der Waals surface area contributed by atoms with Crippen molar-refractivity contribution in [2.45, 2.75) is 0 Å². The SMILES string of the molecule is COc1cccc(NC(=O)c2cccc(-n3cccn3)c2)c1. The quantitative estimate of drug-likeness (QED) is 0.804. The Morgan fingerprint density at radius 2 is 2.00 bits per heavy atom. The number of amides is 1. The maximum absolute atomic E-state index is 12.4. The molecule has 3 aromatic rings. The van der Waals surface area contributed by atoms with Crippen molar-refractivity contribution in [3.8, 4) is 11.4 Å². The molecule has 0 radical (unpaired) electrons. The summed E-state index contributed by atoms with van der Waals surface area (Å²) >= 11 is 0. The number of ether oxygens (including phenoxy) is 1. The van der Waals surface area contributed by atoms with Crippen molar-refractivity contribution in [1.29, 1.82) is 0 Å². The van der Waals surface area contributed by atoms with Gasteiger partial charge in [0, 0.05) is 29.7 Å². The third-order valence-corrected chi connectivity index (χ3v) is 3.20. The molecule has 0 aliphatic heterocycles. The third-order valence-electron chi connectivity index (χ3n) is 3.20. The van der Waals surface area contributed by atoms with E-state index in [9.17, 15) is 4.79 Å². The van der Waals surface area contributed by atoms with E-state index in [2.05, 4.69) is 10.4 Å². The maximum atomic E-state index is 12.4. The molecule has 0 aliphatic rings. The van der Waals surface area contributed by atoms with Crippen molar-refractivity contribution in [2.75, 3.05) is 12.4 Å². The van der Waals surface area contributed by atoms with Crippen molar-refractivity contribution in [2.24, 2.45) is 0 Å². The average molecular weight is 293 g/mol. The van der Waals surface area contributed by atoms with Gasteiger partial charge in [-0.25, -0.2) is 4.68 Å². The summed E-state index contributed by atoms with van der Waals surface area (Å²) in [6, 6.07) is 16.4. The molecule has 0 spiro atoms. The fourth-order valence-electron chi connectivity index (χ4n) is 2.12. The second-order valence-corrected chi connectivity index (χ2v) is 4.69. The van der Waals surface area contributed by atoms with E-state index in [4.69, 9.17) is 4.74 Å². The molecular formula is C17H15N3O2. The second kappa shape index (κ2) is 6.13. The first-order valence-electron chi connectivity index (χ1n) is 6.82. The monoisotopic (exact) mass is 293 g/mol. The number of carbonyl (C=O) groups excluding carboxylic acids is 1. The topological polar surface area (TPSA) is 56.1 Å². The summed E-state index contributed by atoms with van der Waals surface area (Å²) in [5.41, 5.74) is 2.09. The predicted octanol–water partition coefficient (Wildman–Crippen LogP) is 3.13. The van der Waals surface area contributed by atoms with E-state index < -0.39 is 0 Å². The molecule has 0 aliphatic carbocycles. The Morgan fingerprint density at radius 3 is 2.77 bits per heavy atom. The summed E-state index contributed by atoms with van der Waals surface area (Å²) in [6.45, 7) is 0. The highest BCUT2D eigenvalue weighted by molar-refractivity contribution is 6.04. The van der Waals surface area contributed by atoms with Crippen molar-refractivity contribution < 1.29 is 9.53 Å². The molecule has 0 bridgehead atoms. The van der Waals surface area contributed by atoms with E-state index in [0.29, 0.717) is 17.0 Å². The Labute approximate surface area is 128 Å². The third kappa shape index (κ3) is 2.98. The second-order valence-electron chi connectivity index (χ2n) is 4.69. The van der Waals surface area contributed by atoms with E-state index in [-0.39, 0.29) is 5.91 Å². The number of anilines is 1. The molecule has 0 fully saturated rings. The first-order valence-corrected chi connectivity index (χ1v) is 6.82. The summed E-state index contributed by atoms with van der Waals surface area (Å²) in [4.78, 5) is 12.4. The van der Waals surface area contributed by atoms with Gasteiger partial charge < -0.3 is 10.1 Å². The highest BCUT2D eigenvalue weighted by Crippen LogP contribution is 2.18. The van der Waals surface area contributed by atoms with E-state index in [1.54, 1.807) is 36.2 Å². The van der Waals surface area contributed by atoms with Gasteiger partial charge in [0.05, 0.1) is 12.8 Å². The van der Waals surface area contributed by atoms with Gasteiger partial charge in [-0.1, -0.05) is 12.1 Å². The van der Waals surface area contributed by atoms with Gasteiger partial charge in [0.25, 0.3) is 5.91 Å². The van der Waals surface area contributed by atoms with Crippen LogP contribution in [0.4, 0.5) is 5.69 Å². The van der Waals surface area contributed by atoms with Gasteiger partial charge in [-0.05, 0) is 36.4 Å². The Kier molecular flexibility index (Phi) is 3.87. The number of benzene rings is 2. The standard InChI is InChI=1S/C17H15N3O2/c1-22-16-8-3-6-14(12-16)19-17(21)13-5-2-7-15(11-13)20-10-4-9-18-20/h2-12H,1H3,(H,19,21). The van der Waals surface area contributed by atoms with E-state index >= 15 is 0 Å². The van der Waals surface area contributed by atoms with Crippen molar-refractivity contribution in [3.63, 3.8) is 0 Å². The molecule has 0 saturated heterocycles. The van der Waals surface area contributed by atoms with E-state index in [1.807, 2.05) is 42.6 Å². The van der Waals surface area contributed by atoms with Gasteiger partial charge in [0.2, 0.25) is 0 Å². The zero-order chi connectivity index (χ0) is 15.4. The van der Waals surface area contributed by atoms with Crippen LogP contribution in [0.15, 0.2) is 67.0 Å². The number of nitrogens with zero attached hydrogens (tertiary/aromatic N) is 2. The fraction of sp³-hybridized carbons (Fsp3) is 0.0588. The summed E-state index contributed by atoms with van der Waals surface area (Å²) in [5, 5.41) is 7.02. The molecular weight excluding hydrogens is 278 g/mol. The molecule has 1 heterocycles. The molecule has 2 aromatic carbocycles. The number of hydrogen-bond acceptors (Lipinski definition) is 3. The van der Waals surface area contributed by atoms with Gasteiger partial charge in [0.1, 0.15) is 5.75 Å². The Hall–Kier alpha value is -3.08. The van der Waals surface area contributed by atoms with Crippen LogP contribution >= 0.6 is 0 Å². The molecule has 0 atom stereocenters. The average Bonchev–Trinajstić information content (AvgIpc) is 3.09. The van der Waals surface area contributed by atoms with Gasteiger partial charge in [-0.2, -0.15) is 5.10 Å². The lowest BCUT2D eigenvalue weighted by molar-refractivity contribution is 0.102. The number of methoxy groups -OCH3 is 1. The Balaban J connectivity index is 1.81. The maximum Gasteiger partial charge on any atom is 0.255 e. The molecule has 3 rings (SSSR count). The van der Waals surface area contributed by atoms with E-state index in [1.165, 1.54) is 0 Å². The Morgan fingerprint density at radius 1 is 1.14 bits per heavy atom. The first-order chi connectivity index (χ1) is 10.8. The highest BCUT2D eigenvalue weighted by Gasteiger charge is 2.08. The summed E-state index contributed by atoms with van der Waals surface area (Å²) in [6.07, 6.45) is 3.53. The smallest absolute Gasteiger partial charge is 0.255 e. The molecule has 0 saturated carbocycles.